The maximum atomic E-state index is 13.1. The molecule has 0 bridgehead atoms. The van der Waals surface area contributed by atoms with Crippen LogP contribution in [0, 0.1) is 5.41 Å². The zero-order valence-corrected chi connectivity index (χ0v) is 21.1. The van der Waals surface area contributed by atoms with Gasteiger partial charge in [0.05, 0.1) is 12.2 Å². The summed E-state index contributed by atoms with van der Waals surface area (Å²) in [6.07, 6.45) is 5.49. The molecule has 2 heterocycles. The van der Waals surface area contributed by atoms with Crippen LogP contribution in [0.4, 0.5) is 5.69 Å². The highest BCUT2D eigenvalue weighted by Crippen LogP contribution is 2.38. The number of likely N-dealkylation sites (N-methyl/N-ethyl adjacent to an activating group) is 2. The Morgan fingerprint density at radius 1 is 1.24 bits per heavy atom. The van der Waals surface area contributed by atoms with E-state index in [1.807, 2.05) is 18.9 Å². The SMILES string of the molecule is CCCC(C)N(C)CC(=O)N(CC)c1ccc2cc(-c3n[nH]c4c3CCC(C)(C)C4)[nH]c2c1. The smallest absolute Gasteiger partial charge is 0.241 e. The fourth-order valence-corrected chi connectivity index (χ4v) is 5.08. The highest BCUT2D eigenvalue weighted by molar-refractivity contribution is 5.97. The third kappa shape index (κ3) is 4.86. The van der Waals surface area contributed by atoms with Crippen LogP contribution >= 0.6 is 0 Å². The largest absolute Gasteiger partial charge is 0.353 e. The van der Waals surface area contributed by atoms with Crippen molar-refractivity contribution < 1.29 is 4.79 Å². The van der Waals surface area contributed by atoms with Gasteiger partial charge >= 0.3 is 0 Å². The number of fused-ring (bicyclic) bond motifs is 2. The van der Waals surface area contributed by atoms with Gasteiger partial charge in [0, 0.05) is 40.4 Å². The molecular formula is C27H39N5O. The predicted molar refractivity (Wildman–Crippen MR) is 137 cm³/mol. The molecule has 1 aromatic carbocycles. The second kappa shape index (κ2) is 9.34. The molecule has 0 saturated carbocycles. The summed E-state index contributed by atoms with van der Waals surface area (Å²) in [7, 11) is 2.04. The van der Waals surface area contributed by atoms with Crippen LogP contribution in [-0.4, -0.2) is 52.2 Å². The Hall–Kier alpha value is -2.60. The Kier molecular flexibility index (Phi) is 6.66. The van der Waals surface area contributed by atoms with Crippen LogP contribution in [0.15, 0.2) is 24.3 Å². The van der Waals surface area contributed by atoms with Crippen LogP contribution in [0.2, 0.25) is 0 Å². The maximum absolute atomic E-state index is 13.1. The highest BCUT2D eigenvalue weighted by Gasteiger charge is 2.29. The quantitative estimate of drug-likeness (QED) is 0.474. The molecular weight excluding hydrogens is 410 g/mol. The van der Waals surface area contributed by atoms with Crippen LogP contribution < -0.4 is 4.90 Å². The van der Waals surface area contributed by atoms with E-state index in [2.05, 4.69) is 72.0 Å². The predicted octanol–water partition coefficient (Wildman–Crippen LogP) is 5.55. The zero-order valence-electron chi connectivity index (χ0n) is 21.1. The molecule has 0 radical (unpaired) electrons. The van der Waals surface area contributed by atoms with Crippen molar-refractivity contribution in [1.29, 1.82) is 0 Å². The minimum atomic E-state index is 0.137. The van der Waals surface area contributed by atoms with Gasteiger partial charge in [0.2, 0.25) is 5.91 Å². The summed E-state index contributed by atoms with van der Waals surface area (Å²) in [6.45, 7) is 12.1. The van der Waals surface area contributed by atoms with E-state index in [9.17, 15) is 4.79 Å². The number of H-pyrrole nitrogens is 2. The maximum Gasteiger partial charge on any atom is 0.241 e. The topological polar surface area (TPSA) is 68.0 Å². The zero-order chi connectivity index (χ0) is 23.8. The van der Waals surface area contributed by atoms with E-state index in [0.717, 1.165) is 53.7 Å². The average Bonchev–Trinajstić information content (AvgIpc) is 3.36. The number of nitrogens with zero attached hydrogens (tertiary/aromatic N) is 3. The molecule has 0 aliphatic heterocycles. The van der Waals surface area contributed by atoms with Gasteiger partial charge in [-0.2, -0.15) is 5.10 Å². The van der Waals surface area contributed by atoms with E-state index in [0.29, 0.717) is 24.5 Å². The van der Waals surface area contributed by atoms with E-state index in [1.165, 1.54) is 17.7 Å². The van der Waals surface area contributed by atoms with E-state index in [-0.39, 0.29) is 5.91 Å². The average molecular weight is 450 g/mol. The first-order valence-corrected chi connectivity index (χ1v) is 12.4. The van der Waals surface area contributed by atoms with Crippen molar-refractivity contribution in [1.82, 2.24) is 20.1 Å². The first-order chi connectivity index (χ1) is 15.7. The number of anilines is 1. The lowest BCUT2D eigenvalue weighted by Crippen LogP contribution is -2.42. The molecule has 3 aromatic rings. The second-order valence-corrected chi connectivity index (χ2v) is 10.5. The number of hydrogen-bond donors (Lipinski definition) is 2. The summed E-state index contributed by atoms with van der Waals surface area (Å²) < 4.78 is 0. The molecule has 1 unspecified atom stereocenters. The van der Waals surface area contributed by atoms with Crippen molar-refractivity contribution in [3.05, 3.63) is 35.5 Å². The van der Waals surface area contributed by atoms with Crippen LogP contribution in [0.1, 0.15) is 65.1 Å². The van der Waals surface area contributed by atoms with Crippen molar-refractivity contribution in [2.45, 2.75) is 72.8 Å². The lowest BCUT2D eigenvalue weighted by Gasteiger charge is -2.29. The normalized spacial score (nSPS) is 16.2. The number of nitrogens with one attached hydrogen (secondary N) is 2. The molecule has 1 aliphatic carbocycles. The van der Waals surface area contributed by atoms with Gasteiger partial charge in [0.15, 0.2) is 0 Å². The monoisotopic (exact) mass is 449 g/mol. The van der Waals surface area contributed by atoms with Crippen molar-refractivity contribution in [2.24, 2.45) is 5.41 Å². The van der Waals surface area contributed by atoms with Crippen molar-refractivity contribution in [2.75, 3.05) is 25.0 Å². The Labute approximate surface area is 197 Å². The van der Waals surface area contributed by atoms with Gasteiger partial charge in [-0.15, -0.1) is 0 Å². The summed E-state index contributed by atoms with van der Waals surface area (Å²) in [5.41, 5.74) is 6.99. The Balaban J connectivity index is 1.57. The summed E-state index contributed by atoms with van der Waals surface area (Å²) >= 11 is 0. The van der Waals surface area contributed by atoms with E-state index in [4.69, 9.17) is 0 Å². The molecule has 1 atom stereocenters. The number of hydrogen-bond acceptors (Lipinski definition) is 3. The van der Waals surface area contributed by atoms with Gasteiger partial charge in [-0.1, -0.05) is 33.3 Å². The highest BCUT2D eigenvalue weighted by atomic mass is 16.2. The minimum absolute atomic E-state index is 0.137. The fourth-order valence-electron chi connectivity index (χ4n) is 5.08. The number of aromatic amines is 2. The molecule has 2 N–H and O–H groups in total. The molecule has 6 heteroatoms. The second-order valence-electron chi connectivity index (χ2n) is 10.5. The minimum Gasteiger partial charge on any atom is -0.353 e. The van der Waals surface area contributed by atoms with E-state index < -0.39 is 0 Å². The molecule has 33 heavy (non-hydrogen) atoms. The Bertz CT molecular complexity index is 1120. The van der Waals surface area contributed by atoms with Gasteiger partial charge in [-0.3, -0.25) is 14.8 Å². The van der Waals surface area contributed by atoms with E-state index in [1.54, 1.807) is 0 Å². The fraction of sp³-hybridized carbons (Fsp3) is 0.556. The summed E-state index contributed by atoms with van der Waals surface area (Å²) in [6, 6.07) is 8.83. The summed E-state index contributed by atoms with van der Waals surface area (Å²) in [4.78, 5) is 20.7. The number of amides is 1. The van der Waals surface area contributed by atoms with Crippen molar-refractivity contribution >= 4 is 22.5 Å². The summed E-state index contributed by atoms with van der Waals surface area (Å²) in [5, 5.41) is 9.09. The molecule has 0 spiro atoms. The van der Waals surface area contributed by atoms with Crippen LogP contribution in [0.5, 0.6) is 0 Å². The standard InChI is InChI=1S/C27H39N5O/c1-7-9-18(3)31(6)17-25(33)32(8-2)20-11-10-19-14-23(28-22(19)15-20)26-21-12-13-27(4,5)16-24(21)29-30-26/h10-11,14-15,18,28H,7-9,12-13,16-17H2,1-6H3,(H,29,30). The van der Waals surface area contributed by atoms with Crippen LogP contribution in [0.3, 0.4) is 0 Å². The molecule has 1 aliphatic rings. The van der Waals surface area contributed by atoms with Gasteiger partial charge in [-0.05, 0) is 70.2 Å². The van der Waals surface area contributed by atoms with Gasteiger partial charge in [0.1, 0.15) is 5.69 Å². The molecule has 0 saturated heterocycles. The number of carbonyl (C=O) groups is 1. The first kappa shape index (κ1) is 23.6. The van der Waals surface area contributed by atoms with Crippen LogP contribution in [0.25, 0.3) is 22.3 Å². The molecule has 2 aromatic heterocycles. The van der Waals surface area contributed by atoms with Crippen molar-refractivity contribution in [3.8, 4) is 11.4 Å². The Morgan fingerprint density at radius 2 is 2.03 bits per heavy atom. The Morgan fingerprint density at radius 3 is 2.76 bits per heavy atom. The van der Waals surface area contributed by atoms with Gasteiger partial charge in [0.25, 0.3) is 0 Å². The van der Waals surface area contributed by atoms with E-state index >= 15 is 0 Å². The molecule has 1 amide bonds. The third-order valence-corrected chi connectivity index (χ3v) is 7.29. The van der Waals surface area contributed by atoms with Crippen molar-refractivity contribution in [3.63, 3.8) is 0 Å². The lowest BCUT2D eigenvalue weighted by atomic mass is 9.76. The third-order valence-electron chi connectivity index (χ3n) is 7.29. The molecule has 6 nitrogen and oxygen atoms in total. The summed E-state index contributed by atoms with van der Waals surface area (Å²) in [5.74, 6) is 0.137. The lowest BCUT2D eigenvalue weighted by molar-refractivity contribution is -0.119. The van der Waals surface area contributed by atoms with Crippen LogP contribution in [-0.2, 0) is 17.6 Å². The molecule has 4 rings (SSSR count). The number of carbonyl (C=O) groups excluding carboxylic acids is 1. The van der Waals surface area contributed by atoms with Gasteiger partial charge < -0.3 is 9.88 Å². The number of benzene rings is 1. The molecule has 0 fully saturated rings. The first-order valence-electron chi connectivity index (χ1n) is 12.4. The number of aromatic nitrogens is 3. The number of rotatable bonds is 8. The van der Waals surface area contributed by atoms with Gasteiger partial charge in [-0.25, -0.2) is 0 Å². The molecule has 178 valence electrons.